The van der Waals surface area contributed by atoms with Gasteiger partial charge in [0.05, 0.1) is 18.5 Å². The maximum Gasteiger partial charge on any atom is 0.239 e. The lowest BCUT2D eigenvalue weighted by Gasteiger charge is -2.09. The normalized spacial score (nSPS) is 10.4. The summed E-state index contributed by atoms with van der Waals surface area (Å²) >= 11 is 0. The number of hydrogen-bond acceptors (Lipinski definition) is 6. The number of rotatable bonds is 7. The maximum absolute atomic E-state index is 5.76. The second-order valence-electron chi connectivity index (χ2n) is 3.97. The van der Waals surface area contributed by atoms with Crippen molar-refractivity contribution >= 4 is 11.5 Å². The van der Waals surface area contributed by atoms with E-state index in [1.54, 1.807) is 16.9 Å². The topological polar surface area (TPSA) is 90.9 Å². The van der Waals surface area contributed by atoms with Gasteiger partial charge in [-0.2, -0.15) is 4.98 Å². The highest BCUT2D eigenvalue weighted by Gasteiger charge is 2.03. The van der Waals surface area contributed by atoms with E-state index >= 15 is 0 Å². The van der Waals surface area contributed by atoms with E-state index in [1.165, 1.54) is 0 Å². The molecule has 7 nitrogen and oxygen atoms in total. The van der Waals surface area contributed by atoms with Crippen molar-refractivity contribution in [3.63, 3.8) is 0 Å². The highest BCUT2D eigenvalue weighted by atomic mass is 16.5. The lowest BCUT2D eigenvalue weighted by Crippen LogP contribution is -2.09. The lowest BCUT2D eigenvalue weighted by atomic mass is 10.3. The van der Waals surface area contributed by atoms with Crippen molar-refractivity contribution in [3.8, 4) is 5.88 Å². The molecule has 0 aliphatic rings. The van der Waals surface area contributed by atoms with Gasteiger partial charge in [0.25, 0.3) is 0 Å². The molecule has 0 saturated carbocycles. The molecule has 0 fully saturated rings. The summed E-state index contributed by atoms with van der Waals surface area (Å²) < 4.78 is 7.14. The number of nitrogen functional groups attached to an aromatic ring is 1. The number of ether oxygens (including phenoxy) is 1. The van der Waals surface area contributed by atoms with Crippen LogP contribution < -0.4 is 15.8 Å². The highest BCUT2D eigenvalue weighted by molar-refractivity contribution is 5.53. The van der Waals surface area contributed by atoms with Crippen molar-refractivity contribution in [2.75, 3.05) is 24.2 Å². The van der Waals surface area contributed by atoms with Crippen molar-refractivity contribution in [1.29, 1.82) is 0 Å². The Hall–Kier alpha value is -2.31. The van der Waals surface area contributed by atoms with Gasteiger partial charge in [-0.1, -0.05) is 5.21 Å². The van der Waals surface area contributed by atoms with Crippen molar-refractivity contribution in [2.24, 2.45) is 0 Å². The molecule has 0 aliphatic heterocycles. The van der Waals surface area contributed by atoms with Crippen LogP contribution in [0.3, 0.4) is 0 Å². The second kappa shape index (κ2) is 6.58. The second-order valence-corrected chi connectivity index (χ2v) is 3.97. The van der Waals surface area contributed by atoms with Gasteiger partial charge in [0.15, 0.2) is 0 Å². The van der Waals surface area contributed by atoms with Gasteiger partial charge in [-0.15, -0.1) is 5.10 Å². The number of nitrogens with two attached hydrogens (primary N) is 1. The first-order chi connectivity index (χ1) is 9.29. The molecule has 0 amide bonds. The molecule has 0 aliphatic carbocycles. The fourth-order valence-corrected chi connectivity index (χ4v) is 1.61. The van der Waals surface area contributed by atoms with E-state index in [0.29, 0.717) is 18.2 Å². The molecule has 0 saturated heterocycles. The predicted octanol–water partition coefficient (Wildman–Crippen LogP) is 1.16. The van der Waals surface area contributed by atoms with Gasteiger partial charge in [0, 0.05) is 19.3 Å². The lowest BCUT2D eigenvalue weighted by molar-refractivity contribution is 0.329. The first-order valence-electron chi connectivity index (χ1n) is 6.27. The molecule has 3 N–H and O–H groups in total. The summed E-state index contributed by atoms with van der Waals surface area (Å²) in [4.78, 5) is 4.30. The number of pyridine rings is 1. The highest BCUT2D eigenvalue weighted by Crippen LogP contribution is 2.20. The van der Waals surface area contributed by atoms with Crippen LogP contribution in [-0.4, -0.2) is 33.1 Å². The molecule has 0 spiro atoms. The zero-order valence-corrected chi connectivity index (χ0v) is 10.9. The van der Waals surface area contributed by atoms with Crippen molar-refractivity contribution in [1.82, 2.24) is 20.0 Å². The number of nitrogens with one attached hydrogen (secondary N) is 1. The maximum atomic E-state index is 5.76. The summed E-state index contributed by atoms with van der Waals surface area (Å²) in [6, 6.07) is 3.63. The molecular formula is C12H18N6O. The van der Waals surface area contributed by atoms with E-state index < -0.39 is 0 Å². The molecule has 2 aromatic heterocycles. The van der Waals surface area contributed by atoms with E-state index in [9.17, 15) is 0 Å². The fraction of sp³-hybridized carbons (Fsp3) is 0.417. The van der Waals surface area contributed by atoms with Gasteiger partial charge in [0.1, 0.15) is 5.82 Å². The SMILES string of the molecule is CCOc1nc(NCCCn2ccnn2)ccc1N. The molecule has 2 aromatic rings. The third-order valence-electron chi connectivity index (χ3n) is 2.51. The Morgan fingerprint density at radius 3 is 3.05 bits per heavy atom. The molecule has 2 rings (SSSR count). The number of aryl methyl sites for hydroxylation is 1. The summed E-state index contributed by atoms with van der Waals surface area (Å²) in [5.41, 5.74) is 6.31. The Balaban J connectivity index is 1.80. The van der Waals surface area contributed by atoms with Crippen molar-refractivity contribution in [2.45, 2.75) is 19.9 Å². The smallest absolute Gasteiger partial charge is 0.239 e. The van der Waals surface area contributed by atoms with Crippen LogP contribution in [0, 0.1) is 0 Å². The molecule has 0 unspecified atom stereocenters. The van der Waals surface area contributed by atoms with Crippen molar-refractivity contribution < 1.29 is 4.74 Å². The molecule has 0 radical (unpaired) electrons. The molecule has 19 heavy (non-hydrogen) atoms. The quantitative estimate of drug-likeness (QED) is 0.727. The van der Waals surface area contributed by atoms with Crippen LogP contribution >= 0.6 is 0 Å². The van der Waals surface area contributed by atoms with Crippen LogP contribution in [0.5, 0.6) is 5.88 Å². The van der Waals surface area contributed by atoms with Gasteiger partial charge in [0.2, 0.25) is 5.88 Å². The van der Waals surface area contributed by atoms with Gasteiger partial charge < -0.3 is 15.8 Å². The zero-order valence-electron chi connectivity index (χ0n) is 10.9. The van der Waals surface area contributed by atoms with Gasteiger partial charge in [-0.25, -0.2) is 0 Å². The number of hydrogen-bond donors (Lipinski definition) is 2. The molecular weight excluding hydrogens is 244 g/mol. The Morgan fingerprint density at radius 2 is 2.32 bits per heavy atom. The summed E-state index contributed by atoms with van der Waals surface area (Å²) in [5.74, 6) is 1.24. The van der Waals surface area contributed by atoms with E-state index in [2.05, 4.69) is 20.6 Å². The molecule has 0 aromatic carbocycles. The Bertz CT molecular complexity index is 499. The molecule has 102 valence electrons. The average Bonchev–Trinajstić information content (AvgIpc) is 2.92. The van der Waals surface area contributed by atoms with E-state index in [0.717, 1.165) is 25.3 Å². The number of nitrogens with zero attached hydrogens (tertiary/aromatic N) is 4. The minimum Gasteiger partial charge on any atom is -0.476 e. The Labute approximate surface area is 111 Å². The van der Waals surface area contributed by atoms with Crippen LogP contribution in [0.4, 0.5) is 11.5 Å². The van der Waals surface area contributed by atoms with Gasteiger partial charge >= 0.3 is 0 Å². The van der Waals surface area contributed by atoms with Gasteiger partial charge in [-0.05, 0) is 25.5 Å². The molecule has 2 heterocycles. The molecule has 0 bridgehead atoms. The number of aromatic nitrogens is 4. The van der Waals surface area contributed by atoms with E-state index in [4.69, 9.17) is 10.5 Å². The van der Waals surface area contributed by atoms with Crippen LogP contribution in [0.25, 0.3) is 0 Å². The van der Waals surface area contributed by atoms with Crippen LogP contribution in [0.2, 0.25) is 0 Å². The first-order valence-corrected chi connectivity index (χ1v) is 6.27. The van der Waals surface area contributed by atoms with Crippen LogP contribution in [0.15, 0.2) is 24.5 Å². The zero-order chi connectivity index (χ0) is 13.5. The molecule has 0 atom stereocenters. The number of anilines is 2. The van der Waals surface area contributed by atoms with E-state index in [-0.39, 0.29) is 0 Å². The standard InChI is InChI=1S/C12H18N6O/c1-2-19-12-10(13)4-5-11(16-12)14-6-3-8-18-9-7-15-17-18/h4-5,7,9H,2-3,6,8,13H2,1H3,(H,14,16). The minimum atomic E-state index is 0.476. The van der Waals surface area contributed by atoms with Crippen LogP contribution in [0.1, 0.15) is 13.3 Å². The predicted molar refractivity (Wildman–Crippen MR) is 72.9 cm³/mol. The van der Waals surface area contributed by atoms with Crippen molar-refractivity contribution in [3.05, 3.63) is 24.5 Å². The third kappa shape index (κ3) is 3.84. The Morgan fingerprint density at radius 1 is 1.42 bits per heavy atom. The largest absolute Gasteiger partial charge is 0.476 e. The summed E-state index contributed by atoms with van der Waals surface area (Å²) in [7, 11) is 0. The summed E-state index contributed by atoms with van der Waals surface area (Å²) in [6.07, 6.45) is 4.44. The Kier molecular flexibility index (Phi) is 4.54. The van der Waals surface area contributed by atoms with E-state index in [1.807, 2.05) is 19.2 Å². The summed E-state index contributed by atoms with van der Waals surface area (Å²) in [6.45, 7) is 4.06. The molecule has 7 heteroatoms. The fourth-order valence-electron chi connectivity index (χ4n) is 1.61. The first kappa shape index (κ1) is 13.1. The van der Waals surface area contributed by atoms with Crippen LogP contribution in [-0.2, 0) is 6.54 Å². The summed E-state index contributed by atoms with van der Waals surface area (Å²) in [5, 5.41) is 10.9. The third-order valence-corrected chi connectivity index (χ3v) is 2.51. The van der Waals surface area contributed by atoms with Gasteiger partial charge in [-0.3, -0.25) is 4.68 Å². The average molecular weight is 262 g/mol. The minimum absolute atomic E-state index is 0.476. The monoisotopic (exact) mass is 262 g/mol.